The molecule has 0 bridgehead atoms. The molecule has 3 aromatic rings. The second-order valence-electron chi connectivity index (χ2n) is 6.14. The van der Waals surface area contributed by atoms with E-state index in [1.54, 1.807) is 13.3 Å². The van der Waals surface area contributed by atoms with Crippen LogP contribution in [0.25, 0.3) is 11.0 Å². The number of hydrogen-bond donors (Lipinski definition) is 3. The zero-order valence-electron chi connectivity index (χ0n) is 15.7. The van der Waals surface area contributed by atoms with E-state index in [9.17, 15) is 0 Å². The molecule has 0 aliphatic rings. The number of ether oxygens (including phenoxy) is 2. The van der Waals surface area contributed by atoms with Crippen molar-refractivity contribution in [2.75, 3.05) is 30.5 Å². The Kier molecular flexibility index (Phi) is 5.44. The Balaban J connectivity index is 1.81. The van der Waals surface area contributed by atoms with E-state index in [4.69, 9.17) is 20.9 Å². The number of nitrogens with zero attached hydrogens (tertiary/aromatic N) is 3. The molecule has 0 atom stereocenters. The maximum Gasteiger partial charge on any atom is 0.224 e. The van der Waals surface area contributed by atoms with Crippen molar-refractivity contribution in [3.63, 3.8) is 0 Å². The third-order valence-corrected chi connectivity index (χ3v) is 4.24. The number of nitrogens with two attached hydrogens (primary N) is 2. The molecule has 0 fully saturated rings. The van der Waals surface area contributed by atoms with Gasteiger partial charge in [0.2, 0.25) is 5.95 Å². The molecule has 0 spiro atoms. The van der Waals surface area contributed by atoms with Crippen LogP contribution in [0.15, 0.2) is 24.4 Å². The lowest BCUT2D eigenvalue weighted by atomic mass is 10.1. The van der Waals surface area contributed by atoms with Gasteiger partial charge >= 0.3 is 0 Å². The van der Waals surface area contributed by atoms with E-state index in [1.807, 2.05) is 25.1 Å². The number of rotatable bonds is 7. The summed E-state index contributed by atoms with van der Waals surface area (Å²) in [5.41, 5.74) is 15.0. The van der Waals surface area contributed by atoms with E-state index in [0.717, 1.165) is 34.4 Å². The summed E-state index contributed by atoms with van der Waals surface area (Å²) in [5, 5.41) is 4.10. The Labute approximate surface area is 157 Å². The summed E-state index contributed by atoms with van der Waals surface area (Å²) in [7, 11) is 1.63. The average molecular weight is 368 g/mol. The Hall–Kier alpha value is -3.29. The van der Waals surface area contributed by atoms with Crippen molar-refractivity contribution >= 4 is 28.5 Å². The lowest BCUT2D eigenvalue weighted by Crippen LogP contribution is -2.07. The normalized spacial score (nSPS) is 10.8. The molecule has 0 aliphatic carbocycles. The van der Waals surface area contributed by atoms with Crippen LogP contribution in [0.3, 0.4) is 0 Å². The quantitative estimate of drug-likeness (QED) is 0.582. The van der Waals surface area contributed by atoms with Crippen molar-refractivity contribution in [2.24, 2.45) is 0 Å². The van der Waals surface area contributed by atoms with Crippen LogP contribution in [0.2, 0.25) is 0 Å². The lowest BCUT2D eigenvalue weighted by Gasteiger charge is -2.14. The molecule has 8 heteroatoms. The number of pyridine rings is 1. The van der Waals surface area contributed by atoms with Gasteiger partial charge in [-0.2, -0.15) is 9.97 Å². The highest BCUT2D eigenvalue weighted by Crippen LogP contribution is 2.31. The minimum Gasteiger partial charge on any atom is -0.493 e. The fourth-order valence-corrected chi connectivity index (χ4v) is 2.82. The Bertz CT molecular complexity index is 961. The van der Waals surface area contributed by atoms with Crippen LogP contribution >= 0.6 is 0 Å². The van der Waals surface area contributed by atoms with Crippen molar-refractivity contribution in [3.05, 3.63) is 35.5 Å². The van der Waals surface area contributed by atoms with Crippen LogP contribution in [-0.4, -0.2) is 28.7 Å². The molecule has 0 aliphatic heterocycles. The van der Waals surface area contributed by atoms with Crippen LogP contribution in [0.1, 0.15) is 24.5 Å². The molecule has 1 aromatic carbocycles. The second kappa shape index (κ2) is 7.94. The third-order valence-electron chi connectivity index (χ3n) is 4.24. The molecule has 3 rings (SSSR count). The van der Waals surface area contributed by atoms with Gasteiger partial charge in [0.1, 0.15) is 5.82 Å². The molecule has 8 nitrogen and oxygen atoms in total. The number of anilines is 3. The summed E-state index contributed by atoms with van der Waals surface area (Å²) >= 11 is 0. The number of aromatic nitrogens is 3. The van der Waals surface area contributed by atoms with Crippen molar-refractivity contribution in [3.8, 4) is 11.5 Å². The van der Waals surface area contributed by atoms with E-state index in [-0.39, 0.29) is 5.95 Å². The third kappa shape index (κ3) is 3.94. The van der Waals surface area contributed by atoms with Crippen molar-refractivity contribution in [1.82, 2.24) is 15.0 Å². The topological polar surface area (TPSA) is 121 Å². The Morgan fingerprint density at radius 3 is 2.70 bits per heavy atom. The van der Waals surface area contributed by atoms with E-state index in [1.165, 1.54) is 0 Å². The molecule has 2 heterocycles. The fraction of sp³-hybridized carbons (Fsp3) is 0.316. The highest BCUT2D eigenvalue weighted by atomic mass is 16.5. The van der Waals surface area contributed by atoms with Gasteiger partial charge in [0.05, 0.1) is 19.1 Å². The van der Waals surface area contributed by atoms with E-state index in [0.29, 0.717) is 30.4 Å². The Morgan fingerprint density at radius 2 is 1.96 bits per heavy atom. The predicted octanol–water partition coefficient (Wildman–Crippen LogP) is 2.91. The van der Waals surface area contributed by atoms with E-state index < -0.39 is 0 Å². The van der Waals surface area contributed by atoms with E-state index >= 15 is 0 Å². The summed E-state index contributed by atoms with van der Waals surface area (Å²) in [6.07, 6.45) is 2.71. The number of nitrogens with one attached hydrogen (secondary N) is 1. The Morgan fingerprint density at radius 1 is 1.15 bits per heavy atom. The smallest absolute Gasteiger partial charge is 0.224 e. The molecule has 0 unspecified atom stereocenters. The van der Waals surface area contributed by atoms with Gasteiger partial charge < -0.3 is 26.3 Å². The molecule has 0 saturated carbocycles. The highest BCUT2D eigenvalue weighted by molar-refractivity contribution is 5.90. The zero-order valence-corrected chi connectivity index (χ0v) is 15.7. The largest absolute Gasteiger partial charge is 0.493 e. The van der Waals surface area contributed by atoms with Crippen LogP contribution in [-0.2, 0) is 6.54 Å². The molecule has 2 aromatic heterocycles. The minimum absolute atomic E-state index is 0.121. The van der Waals surface area contributed by atoms with Crippen molar-refractivity contribution in [2.45, 2.75) is 26.8 Å². The van der Waals surface area contributed by atoms with Gasteiger partial charge in [-0.3, -0.25) is 0 Å². The summed E-state index contributed by atoms with van der Waals surface area (Å²) in [4.78, 5) is 12.5. The molecular weight excluding hydrogens is 344 g/mol. The molecule has 27 heavy (non-hydrogen) atoms. The number of methoxy groups -OCH3 is 1. The SMILES string of the molecule is CCCOc1ccc(NCc2cnc3nc(N)nc(N)c3c2C)cc1OC. The predicted molar refractivity (Wildman–Crippen MR) is 107 cm³/mol. The number of benzene rings is 1. The molecule has 5 N–H and O–H groups in total. The maximum atomic E-state index is 6.01. The molecule has 0 saturated heterocycles. The highest BCUT2D eigenvalue weighted by Gasteiger charge is 2.12. The summed E-state index contributed by atoms with van der Waals surface area (Å²) < 4.78 is 11.1. The first-order valence-corrected chi connectivity index (χ1v) is 8.75. The fourth-order valence-electron chi connectivity index (χ4n) is 2.82. The van der Waals surface area contributed by atoms with Crippen LogP contribution in [0.4, 0.5) is 17.5 Å². The van der Waals surface area contributed by atoms with Gasteiger partial charge in [-0.25, -0.2) is 4.98 Å². The maximum absolute atomic E-state index is 6.01. The first-order valence-electron chi connectivity index (χ1n) is 8.75. The molecular formula is C19H24N6O2. The number of aryl methyl sites for hydroxylation is 1. The number of fused-ring (bicyclic) bond motifs is 1. The van der Waals surface area contributed by atoms with Crippen LogP contribution in [0.5, 0.6) is 11.5 Å². The summed E-state index contributed by atoms with van der Waals surface area (Å²) in [6, 6.07) is 5.76. The van der Waals surface area contributed by atoms with Crippen LogP contribution in [0, 0.1) is 6.92 Å². The first-order chi connectivity index (χ1) is 13.0. The van der Waals surface area contributed by atoms with Gasteiger partial charge in [0.25, 0.3) is 0 Å². The number of hydrogen-bond acceptors (Lipinski definition) is 8. The summed E-state index contributed by atoms with van der Waals surface area (Å²) in [5.74, 6) is 1.88. The van der Waals surface area contributed by atoms with Gasteiger partial charge in [-0.1, -0.05) is 6.92 Å². The van der Waals surface area contributed by atoms with Gasteiger partial charge in [-0.15, -0.1) is 0 Å². The first kappa shape index (κ1) is 18.5. The van der Waals surface area contributed by atoms with Crippen LogP contribution < -0.4 is 26.3 Å². The molecule has 0 radical (unpaired) electrons. The second-order valence-corrected chi connectivity index (χ2v) is 6.14. The van der Waals surface area contributed by atoms with Crippen molar-refractivity contribution < 1.29 is 9.47 Å². The molecule has 142 valence electrons. The molecule has 0 amide bonds. The average Bonchev–Trinajstić information content (AvgIpc) is 2.65. The van der Waals surface area contributed by atoms with Gasteiger partial charge in [-0.05, 0) is 36.6 Å². The standard InChI is InChI=1S/C19H24N6O2/c1-4-7-27-14-6-5-13(8-15(14)26-3)22-9-12-10-23-18-16(11(12)2)17(20)24-19(21)25-18/h5-6,8,10,22H,4,7,9H2,1-3H3,(H4,20,21,23,24,25). The zero-order chi connectivity index (χ0) is 19.4. The summed E-state index contributed by atoms with van der Waals surface area (Å²) in [6.45, 7) is 5.25. The lowest BCUT2D eigenvalue weighted by molar-refractivity contribution is 0.294. The monoisotopic (exact) mass is 368 g/mol. The van der Waals surface area contributed by atoms with Gasteiger partial charge in [0, 0.05) is 24.5 Å². The minimum atomic E-state index is 0.121. The van der Waals surface area contributed by atoms with Crippen molar-refractivity contribution in [1.29, 1.82) is 0 Å². The number of nitrogen functional groups attached to an aromatic ring is 2. The van der Waals surface area contributed by atoms with Gasteiger partial charge in [0.15, 0.2) is 17.1 Å². The van der Waals surface area contributed by atoms with E-state index in [2.05, 4.69) is 27.2 Å².